The number of carbonyl (C=O) groups excluding carboxylic acids is 1. The number of likely N-dealkylation sites (tertiary alicyclic amines) is 1. The maximum absolute atomic E-state index is 13.3. The molecule has 0 N–H and O–H groups in total. The van der Waals surface area contributed by atoms with Gasteiger partial charge in [-0.3, -0.25) is 0 Å². The molecule has 2 aliphatic rings. The van der Waals surface area contributed by atoms with Gasteiger partial charge in [-0.1, -0.05) is 30.3 Å². The molecular formula is C36H54N2O9. The van der Waals surface area contributed by atoms with Crippen molar-refractivity contribution in [1.82, 2.24) is 4.90 Å². The number of carbonyl (C=O) groups is 1. The molecule has 4 rings (SSSR count). The molecule has 2 heterocycles. The number of hydrogen-bond donors (Lipinski definition) is 0. The van der Waals surface area contributed by atoms with E-state index in [9.17, 15) is 4.79 Å². The molecule has 0 radical (unpaired) electrons. The number of amides is 1. The van der Waals surface area contributed by atoms with Crippen LogP contribution in [0.15, 0.2) is 42.5 Å². The van der Waals surface area contributed by atoms with E-state index in [0.717, 1.165) is 47.6 Å². The summed E-state index contributed by atoms with van der Waals surface area (Å²) in [6.07, 6.45) is 0.598. The zero-order valence-corrected chi connectivity index (χ0v) is 29.1. The number of rotatable bonds is 17. The molecule has 11 heteroatoms. The Bertz CT molecular complexity index is 1240. The van der Waals surface area contributed by atoms with Crippen molar-refractivity contribution in [3.63, 3.8) is 0 Å². The van der Waals surface area contributed by atoms with Crippen molar-refractivity contribution >= 4 is 11.8 Å². The first-order valence-corrected chi connectivity index (χ1v) is 16.6. The molecule has 2 aliphatic heterocycles. The van der Waals surface area contributed by atoms with Crippen molar-refractivity contribution in [2.45, 2.75) is 64.1 Å². The number of piperidine rings is 1. The Hall–Kier alpha value is -2.93. The average molecular weight is 659 g/mol. The van der Waals surface area contributed by atoms with Gasteiger partial charge in [0.15, 0.2) is 0 Å². The van der Waals surface area contributed by atoms with Crippen LogP contribution in [0.2, 0.25) is 0 Å². The summed E-state index contributed by atoms with van der Waals surface area (Å²) in [5, 5.41) is 0. The fourth-order valence-electron chi connectivity index (χ4n) is 5.92. The smallest absolute Gasteiger partial charge is 0.410 e. The van der Waals surface area contributed by atoms with Gasteiger partial charge in [-0.2, -0.15) is 0 Å². The van der Waals surface area contributed by atoms with E-state index >= 15 is 0 Å². The van der Waals surface area contributed by atoms with Gasteiger partial charge in [0, 0.05) is 47.4 Å². The van der Waals surface area contributed by atoms with Crippen molar-refractivity contribution in [2.75, 3.05) is 92.0 Å². The van der Waals surface area contributed by atoms with Gasteiger partial charge in [-0.15, -0.1) is 0 Å². The first-order chi connectivity index (χ1) is 22.7. The first kappa shape index (κ1) is 36.9. The third kappa shape index (κ3) is 10.5. The number of fused-ring (bicyclic) bond motifs is 1. The van der Waals surface area contributed by atoms with Gasteiger partial charge in [-0.05, 0) is 56.0 Å². The largest absolute Gasteiger partial charge is 0.490 e. The molecule has 1 amide bonds. The van der Waals surface area contributed by atoms with Crippen LogP contribution in [0.1, 0.15) is 50.3 Å². The third-order valence-electron chi connectivity index (χ3n) is 8.31. The molecule has 0 unspecified atom stereocenters. The highest BCUT2D eigenvalue weighted by Gasteiger charge is 2.48. The molecule has 2 atom stereocenters. The van der Waals surface area contributed by atoms with Crippen molar-refractivity contribution in [2.24, 2.45) is 0 Å². The second kappa shape index (κ2) is 18.0. The van der Waals surface area contributed by atoms with Gasteiger partial charge < -0.3 is 47.7 Å². The van der Waals surface area contributed by atoms with Crippen molar-refractivity contribution in [3.8, 4) is 5.75 Å². The lowest BCUT2D eigenvalue weighted by molar-refractivity contribution is -0.189. The van der Waals surface area contributed by atoms with Crippen LogP contribution < -0.4 is 9.64 Å². The molecular weight excluding hydrogens is 604 g/mol. The van der Waals surface area contributed by atoms with Gasteiger partial charge in [-0.25, -0.2) is 4.79 Å². The quantitative estimate of drug-likeness (QED) is 0.212. The molecule has 1 fully saturated rings. The molecule has 2 aromatic carbocycles. The van der Waals surface area contributed by atoms with Crippen LogP contribution in [0.3, 0.4) is 0 Å². The monoisotopic (exact) mass is 658 g/mol. The van der Waals surface area contributed by atoms with E-state index < -0.39 is 17.3 Å². The predicted octanol–water partition coefficient (Wildman–Crippen LogP) is 5.17. The molecule has 47 heavy (non-hydrogen) atoms. The van der Waals surface area contributed by atoms with Gasteiger partial charge in [0.1, 0.15) is 29.7 Å². The molecule has 0 aliphatic carbocycles. The Labute approximate surface area is 280 Å². The first-order valence-electron chi connectivity index (χ1n) is 16.6. The Morgan fingerprint density at radius 3 is 2.34 bits per heavy atom. The van der Waals surface area contributed by atoms with Crippen LogP contribution >= 0.6 is 0 Å². The van der Waals surface area contributed by atoms with Crippen LogP contribution in [0.25, 0.3) is 0 Å². The van der Waals surface area contributed by atoms with E-state index in [1.807, 2.05) is 32.9 Å². The maximum atomic E-state index is 13.3. The summed E-state index contributed by atoms with van der Waals surface area (Å²) in [4.78, 5) is 17.3. The zero-order chi connectivity index (χ0) is 33.7. The highest BCUT2D eigenvalue weighted by Crippen LogP contribution is 2.40. The number of benzene rings is 2. The number of methoxy groups -OCH3 is 3. The summed E-state index contributed by atoms with van der Waals surface area (Å²) in [6.45, 7) is 12.1. The Morgan fingerprint density at radius 2 is 1.62 bits per heavy atom. The molecule has 1 saturated heterocycles. The summed E-state index contributed by atoms with van der Waals surface area (Å²) in [5.74, 6) is 0.870. The van der Waals surface area contributed by atoms with Crippen LogP contribution in [0.5, 0.6) is 5.75 Å². The van der Waals surface area contributed by atoms with Crippen molar-refractivity contribution in [1.29, 1.82) is 0 Å². The number of hydrogen-bond acceptors (Lipinski definition) is 10. The van der Waals surface area contributed by atoms with Crippen LogP contribution in [-0.4, -0.2) is 110 Å². The summed E-state index contributed by atoms with van der Waals surface area (Å²) >= 11 is 0. The van der Waals surface area contributed by atoms with E-state index in [1.54, 1.807) is 26.2 Å². The fourth-order valence-corrected chi connectivity index (χ4v) is 5.92. The topological polar surface area (TPSA) is 97.4 Å². The second-order valence-electron chi connectivity index (χ2n) is 12.9. The predicted molar refractivity (Wildman–Crippen MR) is 179 cm³/mol. The minimum atomic E-state index is -0.823. The molecule has 2 aromatic rings. The lowest BCUT2D eigenvalue weighted by Gasteiger charge is -2.47. The fraction of sp³-hybridized carbons (Fsp3) is 0.639. The normalized spacial score (nSPS) is 19.7. The third-order valence-corrected chi connectivity index (χ3v) is 8.31. The summed E-state index contributed by atoms with van der Waals surface area (Å²) < 4.78 is 46.7. The van der Waals surface area contributed by atoms with E-state index in [1.165, 1.54) is 0 Å². The maximum Gasteiger partial charge on any atom is 0.410 e. The zero-order valence-electron chi connectivity index (χ0n) is 29.1. The van der Waals surface area contributed by atoms with Gasteiger partial charge in [0.25, 0.3) is 0 Å². The molecule has 0 spiro atoms. The van der Waals surface area contributed by atoms with Crippen molar-refractivity contribution < 1.29 is 42.7 Å². The molecule has 0 bridgehead atoms. The Balaban J connectivity index is 1.60. The minimum absolute atomic E-state index is 0.307. The van der Waals surface area contributed by atoms with Gasteiger partial charge in [0.05, 0.1) is 58.4 Å². The van der Waals surface area contributed by atoms with E-state index in [-0.39, 0.29) is 6.09 Å². The van der Waals surface area contributed by atoms with Gasteiger partial charge >= 0.3 is 6.09 Å². The highest BCUT2D eigenvalue weighted by atomic mass is 16.6. The van der Waals surface area contributed by atoms with Crippen molar-refractivity contribution in [3.05, 3.63) is 59.2 Å². The number of nitrogens with zero attached hydrogens (tertiary/aromatic N) is 2. The standard InChI is InChI=1S/C36H54N2O9/c1-35(2,3)47-34(39)38-16-14-36(46-23-21-42-6,30-11-8-28(9-12-30)26-43-22-20-41-5)33(25-38)45-27-29-10-13-32-31(24-29)37(17-19-44-32)15-7-18-40-4/h8-13,24,33H,7,14-23,25-27H2,1-6H3/t33-,36-/m0/s1. The molecule has 262 valence electrons. The SMILES string of the molecule is COCCCN1CCOc2ccc(CO[C@H]3CN(C(=O)OC(C)(C)C)CC[C@]3(OCCOC)c3ccc(COCCOC)cc3)cc21. The highest BCUT2D eigenvalue weighted by molar-refractivity contribution is 5.68. The van der Waals surface area contributed by atoms with E-state index in [4.69, 9.17) is 37.9 Å². The molecule has 0 saturated carbocycles. The number of ether oxygens (including phenoxy) is 8. The number of anilines is 1. The summed E-state index contributed by atoms with van der Waals surface area (Å²) in [7, 11) is 5.04. The second-order valence-corrected chi connectivity index (χ2v) is 12.9. The minimum Gasteiger partial charge on any atom is -0.490 e. The molecule has 0 aromatic heterocycles. The van der Waals surface area contributed by atoms with E-state index in [2.05, 4.69) is 35.2 Å². The van der Waals surface area contributed by atoms with Gasteiger partial charge in [0.2, 0.25) is 0 Å². The van der Waals surface area contributed by atoms with E-state index in [0.29, 0.717) is 72.4 Å². The summed E-state index contributed by atoms with van der Waals surface area (Å²) in [6, 6.07) is 14.5. The lowest BCUT2D eigenvalue weighted by atomic mass is 9.81. The van der Waals surface area contributed by atoms with Crippen LogP contribution in [-0.2, 0) is 52.0 Å². The van der Waals surface area contributed by atoms with Crippen LogP contribution in [0.4, 0.5) is 10.5 Å². The Morgan fingerprint density at radius 1 is 0.894 bits per heavy atom. The summed E-state index contributed by atoms with van der Waals surface area (Å²) in [5.41, 5.74) is 2.65. The molecule has 11 nitrogen and oxygen atoms in total. The Kier molecular flexibility index (Phi) is 14.1. The average Bonchev–Trinajstić information content (AvgIpc) is 3.06. The van der Waals surface area contributed by atoms with Crippen LogP contribution in [0, 0.1) is 0 Å². The lowest BCUT2D eigenvalue weighted by Crippen LogP contribution is -2.58.